The van der Waals surface area contributed by atoms with Crippen LogP contribution < -0.4 is 0 Å². The molecule has 1 aromatic rings. The minimum absolute atomic E-state index is 0. The highest BCUT2D eigenvalue weighted by Gasteiger charge is 2.57. The Labute approximate surface area is 142 Å². The van der Waals surface area contributed by atoms with Crippen LogP contribution in [0.1, 0.15) is 21.7 Å². The summed E-state index contributed by atoms with van der Waals surface area (Å²) in [5.41, 5.74) is 2.01. The van der Waals surface area contributed by atoms with Gasteiger partial charge in [-0.15, -0.1) is 12.4 Å². The number of amides is 1. The van der Waals surface area contributed by atoms with Crippen molar-refractivity contribution in [2.24, 2.45) is 18.4 Å². The quantitative estimate of drug-likeness (QED) is 0.761. The average molecular weight is 343 g/mol. The molecule has 0 aromatic carbocycles. The number of nitrogens with zero attached hydrogens (tertiary/aromatic N) is 2. The summed E-state index contributed by atoms with van der Waals surface area (Å²) in [6.45, 7) is 5.67. The number of hydrogen-bond donors (Lipinski definition) is 0. The van der Waals surface area contributed by atoms with Crippen molar-refractivity contribution in [3.05, 3.63) is 23.0 Å². The zero-order valence-corrected chi connectivity index (χ0v) is 14.7. The van der Waals surface area contributed by atoms with E-state index in [1.54, 1.807) is 4.90 Å². The van der Waals surface area contributed by atoms with Crippen LogP contribution in [0.2, 0.25) is 0 Å². The molecule has 0 N–H and O–H groups in total. The molecule has 2 atom stereocenters. The van der Waals surface area contributed by atoms with E-state index >= 15 is 0 Å². The van der Waals surface area contributed by atoms with Crippen molar-refractivity contribution >= 4 is 24.3 Å². The molecule has 2 fully saturated rings. The Hall–Kier alpha value is -1.53. The highest BCUT2D eigenvalue weighted by molar-refractivity contribution is 5.96. The predicted octanol–water partition coefficient (Wildman–Crippen LogP) is 1.33. The molecule has 0 radical (unpaired) electrons. The van der Waals surface area contributed by atoms with Gasteiger partial charge in [-0.3, -0.25) is 9.59 Å². The topological polar surface area (TPSA) is 60.8 Å². The van der Waals surface area contributed by atoms with Crippen molar-refractivity contribution in [3.8, 4) is 0 Å². The first-order chi connectivity index (χ1) is 10.4. The largest absolute Gasteiger partial charge is 0.468 e. The molecule has 0 unspecified atom stereocenters. The predicted molar refractivity (Wildman–Crippen MR) is 86.8 cm³/mol. The van der Waals surface area contributed by atoms with E-state index in [1.165, 1.54) is 7.11 Å². The van der Waals surface area contributed by atoms with Crippen LogP contribution in [0.3, 0.4) is 0 Å². The number of aryl methyl sites for hydroxylation is 1. The fraction of sp³-hybridized carbons (Fsp3) is 0.625. The molecule has 6 nitrogen and oxygen atoms in total. The van der Waals surface area contributed by atoms with Gasteiger partial charge in [-0.2, -0.15) is 0 Å². The second-order valence-electron chi connectivity index (χ2n) is 6.39. The fourth-order valence-corrected chi connectivity index (χ4v) is 3.62. The summed E-state index contributed by atoms with van der Waals surface area (Å²) in [5, 5.41) is 0. The number of likely N-dealkylation sites (tertiary alicyclic amines) is 1. The van der Waals surface area contributed by atoms with E-state index in [9.17, 15) is 9.59 Å². The number of rotatable bonds is 2. The third kappa shape index (κ3) is 2.54. The van der Waals surface area contributed by atoms with Crippen molar-refractivity contribution < 1.29 is 19.1 Å². The third-order valence-electron chi connectivity index (χ3n) is 5.26. The van der Waals surface area contributed by atoms with E-state index in [0.29, 0.717) is 31.9 Å². The number of ether oxygens (including phenoxy) is 2. The number of carbonyl (C=O) groups is 2. The lowest BCUT2D eigenvalue weighted by molar-refractivity contribution is -0.153. The van der Waals surface area contributed by atoms with Gasteiger partial charge in [0, 0.05) is 37.4 Å². The van der Waals surface area contributed by atoms with Gasteiger partial charge in [-0.1, -0.05) is 0 Å². The Balaban J connectivity index is 0.00000192. The smallest absolute Gasteiger partial charge is 0.316 e. The minimum atomic E-state index is -0.692. The molecule has 23 heavy (non-hydrogen) atoms. The van der Waals surface area contributed by atoms with Crippen molar-refractivity contribution in [2.75, 3.05) is 33.4 Å². The van der Waals surface area contributed by atoms with Crippen molar-refractivity contribution in [3.63, 3.8) is 0 Å². The average Bonchev–Trinajstić information content (AvgIpc) is 3.13. The molecular weight excluding hydrogens is 320 g/mol. The first-order valence-electron chi connectivity index (χ1n) is 7.49. The second kappa shape index (κ2) is 6.17. The summed E-state index contributed by atoms with van der Waals surface area (Å²) in [6, 6.07) is 1.91. The zero-order chi connectivity index (χ0) is 16.1. The molecule has 1 aromatic heterocycles. The summed E-state index contributed by atoms with van der Waals surface area (Å²) < 4.78 is 12.4. The first kappa shape index (κ1) is 17.8. The monoisotopic (exact) mass is 342 g/mol. The van der Waals surface area contributed by atoms with Crippen LogP contribution in [0.4, 0.5) is 0 Å². The van der Waals surface area contributed by atoms with Gasteiger partial charge >= 0.3 is 5.97 Å². The molecule has 0 saturated carbocycles. The standard InChI is InChI=1S/C16H22N2O4.ClH/c1-10-5-13(11(2)17(10)3)14(19)18-6-12-7-22-9-16(12,8-18)15(20)21-4;/h5,12H,6-9H2,1-4H3;1H/t12-,16-;/m0./s1. The van der Waals surface area contributed by atoms with Gasteiger partial charge in [-0.25, -0.2) is 0 Å². The van der Waals surface area contributed by atoms with Gasteiger partial charge in [0.15, 0.2) is 0 Å². The molecular formula is C16H23ClN2O4. The highest BCUT2D eigenvalue weighted by Crippen LogP contribution is 2.42. The minimum Gasteiger partial charge on any atom is -0.468 e. The molecule has 3 rings (SSSR count). The maximum absolute atomic E-state index is 12.8. The fourth-order valence-electron chi connectivity index (χ4n) is 3.62. The molecule has 0 aliphatic carbocycles. The Morgan fingerprint density at radius 1 is 1.39 bits per heavy atom. The van der Waals surface area contributed by atoms with Gasteiger partial charge < -0.3 is 18.9 Å². The maximum atomic E-state index is 12.8. The number of aromatic nitrogens is 1. The second-order valence-corrected chi connectivity index (χ2v) is 6.39. The molecule has 0 spiro atoms. The van der Waals surface area contributed by atoms with Crippen LogP contribution in [0, 0.1) is 25.2 Å². The van der Waals surface area contributed by atoms with Gasteiger partial charge in [0.05, 0.1) is 25.9 Å². The van der Waals surface area contributed by atoms with Gasteiger partial charge in [0.1, 0.15) is 5.41 Å². The van der Waals surface area contributed by atoms with E-state index in [2.05, 4.69) is 0 Å². The lowest BCUT2D eigenvalue weighted by Gasteiger charge is -2.23. The van der Waals surface area contributed by atoms with Crippen LogP contribution in [-0.2, 0) is 21.3 Å². The molecule has 128 valence electrons. The lowest BCUT2D eigenvalue weighted by atomic mass is 9.81. The molecule has 2 saturated heterocycles. The van der Waals surface area contributed by atoms with Crippen molar-refractivity contribution in [1.82, 2.24) is 9.47 Å². The van der Waals surface area contributed by atoms with E-state index in [-0.39, 0.29) is 30.2 Å². The highest BCUT2D eigenvalue weighted by atomic mass is 35.5. The molecule has 2 aliphatic rings. The molecule has 3 heterocycles. The van der Waals surface area contributed by atoms with E-state index in [1.807, 2.05) is 31.5 Å². The van der Waals surface area contributed by atoms with Gasteiger partial charge in [-0.05, 0) is 19.9 Å². The number of methoxy groups -OCH3 is 1. The number of halogens is 1. The van der Waals surface area contributed by atoms with Crippen LogP contribution in [0.5, 0.6) is 0 Å². The summed E-state index contributed by atoms with van der Waals surface area (Å²) in [7, 11) is 3.34. The summed E-state index contributed by atoms with van der Waals surface area (Å²) >= 11 is 0. The Bertz CT molecular complexity index is 642. The SMILES string of the molecule is COC(=O)[C@@]12COC[C@@H]1CN(C(=O)c1cc(C)n(C)c1C)C2.Cl. The Morgan fingerprint density at radius 2 is 2.09 bits per heavy atom. The first-order valence-corrected chi connectivity index (χ1v) is 7.49. The van der Waals surface area contributed by atoms with Crippen LogP contribution in [0.15, 0.2) is 6.07 Å². The number of esters is 1. The van der Waals surface area contributed by atoms with Crippen LogP contribution >= 0.6 is 12.4 Å². The van der Waals surface area contributed by atoms with Crippen molar-refractivity contribution in [2.45, 2.75) is 13.8 Å². The van der Waals surface area contributed by atoms with E-state index in [4.69, 9.17) is 9.47 Å². The van der Waals surface area contributed by atoms with Crippen LogP contribution in [0.25, 0.3) is 0 Å². The van der Waals surface area contributed by atoms with E-state index in [0.717, 1.165) is 11.4 Å². The molecule has 2 aliphatic heterocycles. The van der Waals surface area contributed by atoms with Gasteiger partial charge in [0.2, 0.25) is 0 Å². The number of carbonyl (C=O) groups excluding carboxylic acids is 2. The lowest BCUT2D eigenvalue weighted by Crippen LogP contribution is -2.41. The van der Waals surface area contributed by atoms with E-state index < -0.39 is 5.41 Å². The summed E-state index contributed by atoms with van der Waals surface area (Å²) in [5.74, 6) is -0.265. The number of fused-ring (bicyclic) bond motifs is 1. The number of hydrogen-bond acceptors (Lipinski definition) is 4. The van der Waals surface area contributed by atoms with Gasteiger partial charge in [0.25, 0.3) is 5.91 Å². The Kier molecular flexibility index (Phi) is 4.78. The maximum Gasteiger partial charge on any atom is 0.316 e. The van der Waals surface area contributed by atoms with Crippen molar-refractivity contribution in [1.29, 1.82) is 0 Å². The summed E-state index contributed by atoms with van der Waals surface area (Å²) in [4.78, 5) is 26.8. The normalized spacial score (nSPS) is 25.9. The molecule has 7 heteroatoms. The van der Waals surface area contributed by atoms with Crippen LogP contribution in [-0.4, -0.2) is 54.8 Å². The molecule has 1 amide bonds. The summed E-state index contributed by atoms with van der Waals surface area (Å²) in [6.07, 6.45) is 0. The zero-order valence-electron chi connectivity index (χ0n) is 13.9. The molecule has 0 bridgehead atoms. The third-order valence-corrected chi connectivity index (χ3v) is 5.26. The Morgan fingerprint density at radius 3 is 2.65 bits per heavy atom.